The Morgan fingerprint density at radius 1 is 0.900 bits per heavy atom. The zero-order valence-corrected chi connectivity index (χ0v) is 33.4. The second-order valence-corrected chi connectivity index (χ2v) is 16.0. The molecule has 1 atom stereocenters. The van der Waals surface area contributed by atoms with Gasteiger partial charge in [-0.25, -0.2) is 9.78 Å². The van der Waals surface area contributed by atoms with Gasteiger partial charge in [0.1, 0.15) is 6.04 Å². The number of anilines is 1. The van der Waals surface area contributed by atoms with E-state index < -0.39 is 41.4 Å². The summed E-state index contributed by atoms with van der Waals surface area (Å²) in [6.07, 6.45) is 5.87. The molecule has 0 radical (unpaired) electrons. The zero-order valence-electron chi connectivity index (χ0n) is 33.4. The van der Waals surface area contributed by atoms with Crippen molar-refractivity contribution in [2.75, 3.05) is 32.0 Å². The summed E-state index contributed by atoms with van der Waals surface area (Å²) < 4.78 is 55.9. The van der Waals surface area contributed by atoms with Crippen LogP contribution in [0.1, 0.15) is 72.3 Å². The Morgan fingerprint density at radius 3 is 2.15 bits per heavy atom. The molecular formula is C43H50F4N8O5. The lowest BCUT2D eigenvalue weighted by molar-refractivity contribution is -0.231. The fourth-order valence-electron chi connectivity index (χ4n) is 7.75. The van der Waals surface area contributed by atoms with Crippen molar-refractivity contribution >= 4 is 29.4 Å². The quantitative estimate of drug-likeness (QED) is 0.0791. The lowest BCUT2D eigenvalue weighted by Crippen LogP contribution is -2.45. The van der Waals surface area contributed by atoms with Crippen molar-refractivity contribution in [3.05, 3.63) is 89.2 Å². The van der Waals surface area contributed by atoms with Crippen LogP contribution in [0.3, 0.4) is 0 Å². The normalized spacial score (nSPS) is 18.4. The van der Waals surface area contributed by atoms with E-state index in [1.165, 1.54) is 24.3 Å². The third-order valence-corrected chi connectivity index (χ3v) is 11.5. The number of hydrogen-bond acceptors (Lipinski definition) is 8. The molecule has 2 fully saturated rings. The van der Waals surface area contributed by atoms with Crippen LogP contribution in [0.4, 0.5) is 23.2 Å². The van der Waals surface area contributed by atoms with Crippen molar-refractivity contribution in [1.29, 1.82) is 0 Å². The molecule has 2 aliphatic rings. The van der Waals surface area contributed by atoms with E-state index in [0.29, 0.717) is 18.0 Å². The number of carbonyl (C=O) groups is 4. The first-order chi connectivity index (χ1) is 28.5. The summed E-state index contributed by atoms with van der Waals surface area (Å²) in [6, 6.07) is 17.9. The van der Waals surface area contributed by atoms with Gasteiger partial charge in [0, 0.05) is 35.7 Å². The molecule has 0 spiro atoms. The number of carboxylic acids is 1. The number of benzene rings is 3. The van der Waals surface area contributed by atoms with Gasteiger partial charge in [-0.05, 0) is 143 Å². The van der Waals surface area contributed by atoms with Crippen molar-refractivity contribution in [3.63, 3.8) is 0 Å². The molecule has 1 aliphatic carbocycles. The number of rotatable bonds is 15. The van der Waals surface area contributed by atoms with Crippen LogP contribution in [-0.4, -0.2) is 93.6 Å². The van der Waals surface area contributed by atoms with Gasteiger partial charge in [0.2, 0.25) is 17.6 Å². The standard InChI is InChI=1S/C43H50F4N8O5/c1-25-21-31(38(57)49-33-17-19-55(2)20-18-33)13-16-34(25)29-9-7-26(8-10-29)22-35(51-36(56)23-27-3-5-28(24-48)6-4-27)39(58)50-32-14-11-30(12-15-32)37-52-40(54-53-37)42(44,45)43(46,47)41(59)60/h7-16,21,27-28,33,35H,3-6,17-20,22-24,48H2,1-2H3,(H,49,57)(H,50,58)(H,51,56)(H,59,60)(H,52,53,54). The van der Waals surface area contributed by atoms with Crippen LogP contribution < -0.4 is 21.7 Å². The van der Waals surface area contributed by atoms with E-state index >= 15 is 0 Å². The topological polar surface area (TPSA) is 195 Å². The summed E-state index contributed by atoms with van der Waals surface area (Å²) in [4.78, 5) is 56.6. The first-order valence-corrected chi connectivity index (χ1v) is 20.1. The van der Waals surface area contributed by atoms with Gasteiger partial charge in [-0.15, -0.1) is 0 Å². The Labute approximate surface area is 344 Å². The SMILES string of the molecule is Cc1cc(C(=O)NC2CCN(C)CC2)ccc1-c1ccc(CC(NC(=O)CC2CCC(CN)CC2)C(=O)Nc2ccc(-c3n[nH]c(C(F)(F)C(F)(F)C(=O)O)n3)cc2)cc1. The number of alkyl halides is 4. The Morgan fingerprint density at radius 2 is 1.53 bits per heavy atom. The minimum absolute atomic E-state index is 0.0969. The van der Waals surface area contributed by atoms with Crippen molar-refractivity contribution in [1.82, 2.24) is 30.7 Å². The minimum Gasteiger partial charge on any atom is -0.477 e. The maximum absolute atomic E-state index is 14.3. The molecule has 6 rings (SSSR count). The summed E-state index contributed by atoms with van der Waals surface area (Å²) in [5, 5.41) is 22.7. The molecule has 1 aliphatic heterocycles. The number of piperidine rings is 1. The van der Waals surface area contributed by atoms with Gasteiger partial charge in [-0.1, -0.05) is 30.3 Å². The summed E-state index contributed by atoms with van der Waals surface area (Å²) in [5.41, 5.74) is 10.4. The number of hydrogen-bond donors (Lipinski definition) is 6. The number of halogens is 4. The van der Waals surface area contributed by atoms with Crippen molar-refractivity contribution in [3.8, 4) is 22.5 Å². The van der Waals surface area contributed by atoms with Crippen LogP contribution in [0.5, 0.6) is 0 Å². The van der Waals surface area contributed by atoms with Gasteiger partial charge in [-0.3, -0.25) is 19.5 Å². The Hall–Kier alpha value is -5.68. The highest BCUT2D eigenvalue weighted by atomic mass is 19.3. The van der Waals surface area contributed by atoms with E-state index in [4.69, 9.17) is 10.8 Å². The number of H-pyrrole nitrogens is 1. The van der Waals surface area contributed by atoms with Gasteiger partial charge in [0.05, 0.1) is 0 Å². The Kier molecular flexibility index (Phi) is 13.7. The smallest absolute Gasteiger partial charge is 0.411 e. The summed E-state index contributed by atoms with van der Waals surface area (Å²) in [7, 11) is 2.07. The number of aromatic nitrogens is 3. The first kappa shape index (κ1) is 43.9. The van der Waals surface area contributed by atoms with Gasteiger partial charge in [0.25, 0.3) is 5.91 Å². The maximum Gasteiger partial charge on any atom is 0.411 e. The van der Waals surface area contributed by atoms with Gasteiger partial charge < -0.3 is 31.7 Å². The minimum atomic E-state index is -5.44. The molecule has 3 amide bonds. The van der Waals surface area contributed by atoms with Crippen LogP contribution in [-0.2, 0) is 26.7 Å². The van der Waals surface area contributed by atoms with Gasteiger partial charge in [0.15, 0.2) is 5.82 Å². The van der Waals surface area contributed by atoms with E-state index in [9.17, 15) is 36.7 Å². The lowest BCUT2D eigenvalue weighted by Gasteiger charge is -2.29. The predicted molar refractivity (Wildman–Crippen MR) is 216 cm³/mol. The van der Waals surface area contributed by atoms with E-state index in [2.05, 4.69) is 38.0 Å². The van der Waals surface area contributed by atoms with E-state index in [1.54, 1.807) is 5.10 Å². The number of nitrogens with one attached hydrogen (secondary N) is 4. The molecular weight excluding hydrogens is 785 g/mol. The first-order valence-electron chi connectivity index (χ1n) is 20.1. The number of likely N-dealkylation sites (tertiary alicyclic amines) is 1. The summed E-state index contributed by atoms with van der Waals surface area (Å²) in [6.45, 7) is 4.45. The molecule has 0 bridgehead atoms. The predicted octanol–water partition coefficient (Wildman–Crippen LogP) is 5.90. The number of carbonyl (C=O) groups excluding carboxylic acids is 3. The number of aryl methyl sites for hydroxylation is 1. The molecule has 7 N–H and O–H groups in total. The van der Waals surface area contributed by atoms with E-state index in [0.717, 1.165) is 73.9 Å². The largest absolute Gasteiger partial charge is 0.477 e. The second kappa shape index (κ2) is 18.7. The van der Waals surface area contributed by atoms with Gasteiger partial charge in [-0.2, -0.15) is 22.7 Å². The van der Waals surface area contributed by atoms with Gasteiger partial charge >= 0.3 is 17.8 Å². The second-order valence-electron chi connectivity index (χ2n) is 16.0. The molecule has 1 aromatic heterocycles. The number of carboxylic acid groups (broad SMARTS) is 1. The highest BCUT2D eigenvalue weighted by molar-refractivity contribution is 5.98. The average Bonchev–Trinajstić information content (AvgIpc) is 3.74. The van der Waals surface area contributed by atoms with Crippen LogP contribution in [0.15, 0.2) is 66.7 Å². The number of aromatic amines is 1. The third kappa shape index (κ3) is 10.4. The monoisotopic (exact) mass is 834 g/mol. The highest BCUT2D eigenvalue weighted by Gasteiger charge is 2.65. The van der Waals surface area contributed by atoms with E-state index in [1.807, 2.05) is 49.4 Å². The fraction of sp³-hybridized carbons (Fsp3) is 0.442. The molecule has 17 heteroatoms. The molecule has 320 valence electrons. The highest BCUT2D eigenvalue weighted by Crippen LogP contribution is 2.42. The fourth-order valence-corrected chi connectivity index (χ4v) is 7.75. The summed E-state index contributed by atoms with van der Waals surface area (Å²) in [5.74, 6) is -15.9. The maximum atomic E-state index is 14.3. The zero-order chi connectivity index (χ0) is 43.2. The van der Waals surface area contributed by atoms with E-state index in [-0.39, 0.29) is 47.9 Å². The lowest BCUT2D eigenvalue weighted by atomic mass is 9.80. The van der Waals surface area contributed by atoms with Crippen molar-refractivity contribution in [2.24, 2.45) is 17.6 Å². The number of aliphatic carboxylic acids is 1. The molecule has 60 heavy (non-hydrogen) atoms. The van der Waals surface area contributed by atoms with Crippen LogP contribution in [0, 0.1) is 18.8 Å². The summed E-state index contributed by atoms with van der Waals surface area (Å²) >= 11 is 0. The molecule has 13 nitrogen and oxygen atoms in total. The molecule has 1 saturated heterocycles. The Bertz CT molecular complexity index is 2150. The average molecular weight is 835 g/mol. The molecule has 4 aromatic rings. The van der Waals surface area contributed by atoms with Crippen molar-refractivity contribution in [2.45, 2.75) is 82.2 Å². The third-order valence-electron chi connectivity index (χ3n) is 11.5. The molecule has 1 unspecified atom stereocenters. The number of nitrogens with two attached hydrogens (primary N) is 1. The van der Waals surface area contributed by atoms with Crippen LogP contribution in [0.25, 0.3) is 22.5 Å². The Balaban J connectivity index is 1.13. The molecule has 2 heterocycles. The number of amides is 3. The molecule has 1 saturated carbocycles. The van der Waals surface area contributed by atoms with Crippen LogP contribution in [0.2, 0.25) is 0 Å². The molecule has 3 aromatic carbocycles. The van der Waals surface area contributed by atoms with Crippen LogP contribution >= 0.6 is 0 Å². The number of nitrogens with zero attached hydrogens (tertiary/aromatic N) is 3. The van der Waals surface area contributed by atoms with Crippen molar-refractivity contribution < 1.29 is 41.8 Å².